The maximum absolute atomic E-state index is 12.6. The lowest BCUT2D eigenvalue weighted by molar-refractivity contribution is -0.131. The Kier molecular flexibility index (Phi) is 4.11. The molecule has 0 bridgehead atoms. The van der Waals surface area contributed by atoms with E-state index in [0.717, 1.165) is 10.6 Å². The molecule has 1 unspecified atom stereocenters. The Labute approximate surface area is 115 Å². The molecule has 0 aliphatic carbocycles. The van der Waals surface area contributed by atoms with Gasteiger partial charge in [-0.1, -0.05) is 30.3 Å². The topological polar surface area (TPSA) is 32.7 Å². The number of amides is 1. The summed E-state index contributed by atoms with van der Waals surface area (Å²) < 4.78 is 37.9. The summed E-state index contributed by atoms with van der Waals surface area (Å²) in [6.45, 7) is 1.45. The standard InChI is InChI=1S/C14H15F3N2O/c1-10-12(14(15,16)17)18-19(13(10)20)9-5-8-11-6-3-2-4-7-11/h2-4,6-7,10H,5,8-9H2,1H3. The molecule has 1 heterocycles. The van der Waals surface area contributed by atoms with Crippen molar-refractivity contribution in [1.82, 2.24) is 5.01 Å². The molecule has 0 spiro atoms. The number of rotatable bonds is 4. The predicted molar refractivity (Wildman–Crippen MR) is 69.1 cm³/mol. The highest BCUT2D eigenvalue weighted by Crippen LogP contribution is 2.28. The number of hydrogen-bond acceptors (Lipinski definition) is 2. The van der Waals surface area contributed by atoms with Crippen LogP contribution >= 0.6 is 0 Å². The molecule has 0 saturated heterocycles. The van der Waals surface area contributed by atoms with E-state index in [1.807, 2.05) is 30.3 Å². The second-order valence-electron chi connectivity index (χ2n) is 4.76. The molecule has 6 heteroatoms. The van der Waals surface area contributed by atoms with Gasteiger partial charge in [0.25, 0.3) is 5.91 Å². The lowest BCUT2D eigenvalue weighted by Gasteiger charge is -2.12. The minimum atomic E-state index is -4.54. The molecular formula is C14H15F3N2O. The van der Waals surface area contributed by atoms with Gasteiger partial charge in [-0.15, -0.1) is 0 Å². The lowest BCUT2D eigenvalue weighted by atomic mass is 10.1. The fraction of sp³-hybridized carbons (Fsp3) is 0.429. The summed E-state index contributed by atoms with van der Waals surface area (Å²) in [5.41, 5.74) is 0.0921. The van der Waals surface area contributed by atoms with Crippen molar-refractivity contribution in [2.45, 2.75) is 25.9 Å². The molecule has 0 saturated carbocycles. The van der Waals surface area contributed by atoms with E-state index in [9.17, 15) is 18.0 Å². The Hall–Kier alpha value is -1.85. The predicted octanol–water partition coefficient (Wildman–Crippen LogP) is 3.02. The van der Waals surface area contributed by atoms with Crippen molar-refractivity contribution in [2.24, 2.45) is 11.0 Å². The van der Waals surface area contributed by atoms with Crippen LogP contribution in [0.5, 0.6) is 0 Å². The van der Waals surface area contributed by atoms with Gasteiger partial charge in [0.1, 0.15) is 0 Å². The molecule has 1 amide bonds. The smallest absolute Gasteiger partial charge is 0.272 e. The number of hydrogen-bond donors (Lipinski definition) is 0. The third-order valence-electron chi connectivity index (χ3n) is 3.23. The molecule has 20 heavy (non-hydrogen) atoms. The van der Waals surface area contributed by atoms with Crippen LogP contribution in [0, 0.1) is 5.92 Å². The Balaban J connectivity index is 1.93. The highest BCUT2D eigenvalue weighted by Gasteiger charge is 2.47. The Morgan fingerprint density at radius 1 is 1.25 bits per heavy atom. The van der Waals surface area contributed by atoms with Crippen LogP contribution in [0.15, 0.2) is 35.4 Å². The first-order chi connectivity index (χ1) is 9.39. The number of nitrogens with zero attached hydrogens (tertiary/aromatic N) is 2. The molecule has 2 rings (SSSR count). The van der Waals surface area contributed by atoms with Crippen LogP contribution in [0.2, 0.25) is 0 Å². The van der Waals surface area contributed by atoms with Gasteiger partial charge in [-0.05, 0) is 25.3 Å². The highest BCUT2D eigenvalue weighted by molar-refractivity contribution is 6.10. The Bertz CT molecular complexity index is 511. The monoisotopic (exact) mass is 284 g/mol. The fourth-order valence-corrected chi connectivity index (χ4v) is 2.15. The Morgan fingerprint density at radius 2 is 1.90 bits per heavy atom. The minimum Gasteiger partial charge on any atom is -0.272 e. The molecule has 1 atom stereocenters. The molecule has 1 aliphatic rings. The summed E-state index contributed by atoms with van der Waals surface area (Å²) in [6, 6.07) is 9.59. The van der Waals surface area contributed by atoms with Gasteiger partial charge in [0.05, 0.1) is 5.92 Å². The van der Waals surface area contributed by atoms with E-state index in [0.29, 0.717) is 12.8 Å². The average Bonchev–Trinajstić information content (AvgIpc) is 2.68. The number of alkyl halides is 3. The van der Waals surface area contributed by atoms with Crippen LogP contribution in [-0.4, -0.2) is 29.3 Å². The quantitative estimate of drug-likeness (QED) is 0.836. The summed E-state index contributed by atoms with van der Waals surface area (Å²) in [7, 11) is 0. The van der Waals surface area contributed by atoms with Gasteiger partial charge < -0.3 is 0 Å². The molecule has 3 nitrogen and oxygen atoms in total. The Morgan fingerprint density at radius 3 is 2.45 bits per heavy atom. The molecule has 0 radical (unpaired) electrons. The number of halogens is 3. The van der Waals surface area contributed by atoms with Crippen molar-refractivity contribution in [3.63, 3.8) is 0 Å². The van der Waals surface area contributed by atoms with Crippen molar-refractivity contribution < 1.29 is 18.0 Å². The summed E-state index contributed by atoms with van der Waals surface area (Å²) in [4.78, 5) is 11.7. The first kappa shape index (κ1) is 14.6. The maximum Gasteiger partial charge on any atom is 0.431 e. The molecule has 1 aromatic carbocycles. The fourth-order valence-electron chi connectivity index (χ4n) is 2.15. The normalized spacial score (nSPS) is 19.4. The molecule has 1 aliphatic heterocycles. The van der Waals surface area contributed by atoms with Crippen LogP contribution in [0.25, 0.3) is 0 Å². The first-order valence-electron chi connectivity index (χ1n) is 6.40. The third-order valence-corrected chi connectivity index (χ3v) is 3.23. The van der Waals surface area contributed by atoms with E-state index in [2.05, 4.69) is 5.10 Å². The summed E-state index contributed by atoms with van der Waals surface area (Å²) in [6.07, 6.45) is -3.25. The second-order valence-corrected chi connectivity index (χ2v) is 4.76. The van der Waals surface area contributed by atoms with Gasteiger partial charge in [0.2, 0.25) is 0 Å². The van der Waals surface area contributed by atoms with Crippen LogP contribution in [0.1, 0.15) is 18.9 Å². The third kappa shape index (κ3) is 3.18. The van der Waals surface area contributed by atoms with E-state index < -0.39 is 23.7 Å². The van der Waals surface area contributed by atoms with E-state index in [4.69, 9.17) is 0 Å². The number of aryl methyl sites for hydroxylation is 1. The van der Waals surface area contributed by atoms with Gasteiger partial charge >= 0.3 is 6.18 Å². The summed E-state index contributed by atoms with van der Waals surface area (Å²) >= 11 is 0. The number of carbonyl (C=O) groups excluding carboxylic acids is 1. The second kappa shape index (κ2) is 5.64. The summed E-state index contributed by atoms with van der Waals surface area (Å²) in [5, 5.41) is 4.37. The molecular weight excluding hydrogens is 269 g/mol. The van der Waals surface area contributed by atoms with Crippen molar-refractivity contribution in [2.75, 3.05) is 6.54 Å². The van der Waals surface area contributed by atoms with Crippen molar-refractivity contribution >= 4 is 11.6 Å². The summed E-state index contributed by atoms with van der Waals surface area (Å²) in [5.74, 6) is -1.78. The van der Waals surface area contributed by atoms with E-state index in [1.165, 1.54) is 6.92 Å². The van der Waals surface area contributed by atoms with Crippen molar-refractivity contribution in [3.8, 4) is 0 Å². The number of benzene rings is 1. The first-order valence-corrected chi connectivity index (χ1v) is 6.40. The van der Waals surface area contributed by atoms with Gasteiger partial charge in [-0.25, -0.2) is 5.01 Å². The number of hydrazone groups is 1. The number of carbonyl (C=O) groups is 1. The van der Waals surface area contributed by atoms with E-state index >= 15 is 0 Å². The molecule has 0 N–H and O–H groups in total. The molecule has 1 aromatic rings. The van der Waals surface area contributed by atoms with E-state index in [1.54, 1.807) is 0 Å². The van der Waals surface area contributed by atoms with Gasteiger partial charge in [-0.3, -0.25) is 4.79 Å². The zero-order chi connectivity index (χ0) is 14.8. The van der Waals surface area contributed by atoms with E-state index in [-0.39, 0.29) is 6.54 Å². The van der Waals surface area contributed by atoms with Crippen molar-refractivity contribution in [3.05, 3.63) is 35.9 Å². The zero-order valence-corrected chi connectivity index (χ0v) is 11.0. The zero-order valence-electron chi connectivity index (χ0n) is 11.0. The van der Waals surface area contributed by atoms with Crippen LogP contribution in [-0.2, 0) is 11.2 Å². The van der Waals surface area contributed by atoms with Crippen molar-refractivity contribution in [1.29, 1.82) is 0 Å². The van der Waals surface area contributed by atoms with Gasteiger partial charge in [0.15, 0.2) is 5.71 Å². The molecule has 108 valence electrons. The average molecular weight is 284 g/mol. The van der Waals surface area contributed by atoms with Gasteiger partial charge in [-0.2, -0.15) is 18.3 Å². The minimum absolute atomic E-state index is 0.206. The molecule has 0 fully saturated rings. The lowest BCUT2D eigenvalue weighted by Crippen LogP contribution is -2.31. The van der Waals surface area contributed by atoms with Gasteiger partial charge in [0, 0.05) is 6.54 Å². The molecule has 0 aromatic heterocycles. The van der Waals surface area contributed by atoms with Crippen LogP contribution in [0.4, 0.5) is 13.2 Å². The van der Waals surface area contributed by atoms with Crippen LogP contribution < -0.4 is 0 Å². The SMILES string of the molecule is CC1C(=O)N(CCCc2ccccc2)N=C1C(F)(F)F. The van der Waals surface area contributed by atoms with Crippen LogP contribution in [0.3, 0.4) is 0 Å². The highest BCUT2D eigenvalue weighted by atomic mass is 19.4. The maximum atomic E-state index is 12.6. The largest absolute Gasteiger partial charge is 0.431 e.